The number of anilines is 1. The zero-order valence-corrected chi connectivity index (χ0v) is 11.4. The van der Waals surface area contributed by atoms with Crippen LogP contribution in [0.25, 0.3) is 0 Å². The Balaban J connectivity index is 1.86. The van der Waals surface area contributed by atoms with Gasteiger partial charge in [-0.05, 0) is 63.8 Å². The van der Waals surface area contributed by atoms with Gasteiger partial charge < -0.3 is 15.8 Å². The molecule has 1 aromatic carbocycles. The van der Waals surface area contributed by atoms with Crippen LogP contribution < -0.4 is 15.8 Å². The summed E-state index contributed by atoms with van der Waals surface area (Å²) in [7, 11) is 0. The number of hydrogen-bond acceptors (Lipinski definition) is 3. The van der Waals surface area contributed by atoms with Crippen LogP contribution in [0.1, 0.15) is 39.5 Å². The van der Waals surface area contributed by atoms with Crippen molar-refractivity contribution in [3.63, 3.8) is 0 Å². The number of nitrogens with two attached hydrogens (primary N) is 1. The van der Waals surface area contributed by atoms with Crippen molar-refractivity contribution in [2.45, 2.75) is 57.7 Å². The highest BCUT2D eigenvalue weighted by Gasteiger charge is 2.17. The number of rotatable bonds is 4. The minimum atomic E-state index is 0.226. The first-order chi connectivity index (χ1) is 8.63. The van der Waals surface area contributed by atoms with Crippen LogP contribution in [0.4, 0.5) is 5.69 Å². The number of nitrogens with one attached hydrogen (secondary N) is 1. The summed E-state index contributed by atoms with van der Waals surface area (Å²) in [4.78, 5) is 0. The lowest BCUT2D eigenvalue weighted by molar-refractivity contribution is 0.242. The predicted molar refractivity (Wildman–Crippen MR) is 76.1 cm³/mol. The molecule has 3 nitrogen and oxygen atoms in total. The molecule has 100 valence electrons. The average Bonchev–Trinajstić information content (AvgIpc) is 2.34. The largest absolute Gasteiger partial charge is 0.491 e. The normalized spacial score (nSPS) is 24.0. The SMILES string of the molecule is CC(C)Oc1ccc(NC2CCC(N)CC2)cc1. The van der Waals surface area contributed by atoms with Gasteiger partial charge >= 0.3 is 0 Å². The fourth-order valence-corrected chi connectivity index (χ4v) is 2.40. The molecule has 3 heteroatoms. The molecule has 0 amide bonds. The molecule has 2 rings (SSSR count). The molecule has 0 aliphatic heterocycles. The number of benzene rings is 1. The van der Waals surface area contributed by atoms with Crippen molar-refractivity contribution >= 4 is 5.69 Å². The van der Waals surface area contributed by atoms with E-state index in [0.717, 1.165) is 18.6 Å². The van der Waals surface area contributed by atoms with E-state index in [4.69, 9.17) is 10.5 Å². The van der Waals surface area contributed by atoms with E-state index in [9.17, 15) is 0 Å². The van der Waals surface area contributed by atoms with Crippen molar-refractivity contribution < 1.29 is 4.74 Å². The van der Waals surface area contributed by atoms with E-state index in [2.05, 4.69) is 17.4 Å². The Morgan fingerprint density at radius 1 is 1.11 bits per heavy atom. The molecule has 1 aliphatic carbocycles. The van der Waals surface area contributed by atoms with E-state index in [1.165, 1.54) is 18.5 Å². The first-order valence-corrected chi connectivity index (χ1v) is 6.92. The summed E-state index contributed by atoms with van der Waals surface area (Å²) < 4.78 is 5.63. The van der Waals surface area contributed by atoms with Crippen LogP contribution >= 0.6 is 0 Å². The number of hydrogen-bond donors (Lipinski definition) is 2. The van der Waals surface area contributed by atoms with Crippen LogP contribution in [0.2, 0.25) is 0 Å². The van der Waals surface area contributed by atoms with Gasteiger partial charge in [-0.2, -0.15) is 0 Å². The first kappa shape index (κ1) is 13.2. The quantitative estimate of drug-likeness (QED) is 0.860. The molecule has 1 saturated carbocycles. The van der Waals surface area contributed by atoms with Crippen LogP contribution in [-0.2, 0) is 0 Å². The van der Waals surface area contributed by atoms with Crippen molar-refractivity contribution in [3.8, 4) is 5.75 Å². The van der Waals surface area contributed by atoms with Crippen molar-refractivity contribution in [2.75, 3.05) is 5.32 Å². The zero-order valence-electron chi connectivity index (χ0n) is 11.4. The minimum absolute atomic E-state index is 0.226. The second-order valence-corrected chi connectivity index (χ2v) is 5.45. The van der Waals surface area contributed by atoms with Gasteiger partial charge in [0.15, 0.2) is 0 Å². The lowest BCUT2D eigenvalue weighted by atomic mass is 9.92. The molecule has 0 heterocycles. The van der Waals surface area contributed by atoms with Gasteiger partial charge in [-0.3, -0.25) is 0 Å². The summed E-state index contributed by atoms with van der Waals surface area (Å²) in [5.41, 5.74) is 7.08. The third-order valence-electron chi connectivity index (χ3n) is 3.37. The average molecular weight is 248 g/mol. The Morgan fingerprint density at radius 3 is 2.28 bits per heavy atom. The molecule has 0 spiro atoms. The molecular weight excluding hydrogens is 224 g/mol. The monoisotopic (exact) mass is 248 g/mol. The molecule has 3 N–H and O–H groups in total. The maximum atomic E-state index is 5.91. The molecule has 18 heavy (non-hydrogen) atoms. The van der Waals surface area contributed by atoms with E-state index >= 15 is 0 Å². The van der Waals surface area contributed by atoms with Crippen molar-refractivity contribution in [1.82, 2.24) is 0 Å². The third-order valence-corrected chi connectivity index (χ3v) is 3.37. The maximum Gasteiger partial charge on any atom is 0.119 e. The summed E-state index contributed by atoms with van der Waals surface area (Å²) in [5.74, 6) is 0.932. The summed E-state index contributed by atoms with van der Waals surface area (Å²) >= 11 is 0. The Labute approximate surface area is 110 Å². The summed E-state index contributed by atoms with van der Waals surface area (Å²) in [5, 5.41) is 3.57. The van der Waals surface area contributed by atoms with Crippen LogP contribution in [0.15, 0.2) is 24.3 Å². The van der Waals surface area contributed by atoms with Crippen molar-refractivity contribution in [2.24, 2.45) is 5.73 Å². The molecular formula is C15H24N2O. The van der Waals surface area contributed by atoms with Crippen LogP contribution in [0, 0.1) is 0 Å². The van der Waals surface area contributed by atoms with E-state index in [1.54, 1.807) is 0 Å². The van der Waals surface area contributed by atoms with Gasteiger partial charge in [0.25, 0.3) is 0 Å². The van der Waals surface area contributed by atoms with Gasteiger partial charge in [0.2, 0.25) is 0 Å². The topological polar surface area (TPSA) is 47.3 Å². The van der Waals surface area contributed by atoms with E-state index < -0.39 is 0 Å². The van der Waals surface area contributed by atoms with Gasteiger partial charge in [-0.25, -0.2) is 0 Å². The van der Waals surface area contributed by atoms with Crippen LogP contribution in [0.3, 0.4) is 0 Å². The minimum Gasteiger partial charge on any atom is -0.491 e. The molecule has 0 radical (unpaired) electrons. The molecule has 0 bridgehead atoms. The van der Waals surface area contributed by atoms with E-state index in [1.807, 2.05) is 26.0 Å². The van der Waals surface area contributed by atoms with Crippen LogP contribution in [-0.4, -0.2) is 18.2 Å². The molecule has 0 unspecified atom stereocenters. The lowest BCUT2D eigenvalue weighted by Gasteiger charge is -2.27. The van der Waals surface area contributed by atoms with Gasteiger partial charge in [-0.1, -0.05) is 0 Å². The molecule has 1 aliphatic rings. The molecule has 0 aromatic heterocycles. The highest BCUT2D eigenvalue weighted by molar-refractivity contribution is 5.47. The zero-order chi connectivity index (χ0) is 13.0. The molecule has 1 aromatic rings. The number of ether oxygens (including phenoxy) is 1. The van der Waals surface area contributed by atoms with Gasteiger partial charge in [0, 0.05) is 17.8 Å². The Kier molecular flexibility index (Phi) is 4.48. The predicted octanol–water partition coefficient (Wildman–Crippen LogP) is 3.16. The van der Waals surface area contributed by atoms with Crippen molar-refractivity contribution in [1.29, 1.82) is 0 Å². The lowest BCUT2D eigenvalue weighted by Crippen LogP contribution is -2.32. The maximum absolute atomic E-state index is 5.91. The fraction of sp³-hybridized carbons (Fsp3) is 0.600. The van der Waals surface area contributed by atoms with Crippen LogP contribution in [0.5, 0.6) is 5.75 Å². The first-order valence-electron chi connectivity index (χ1n) is 6.92. The van der Waals surface area contributed by atoms with Gasteiger partial charge in [0.05, 0.1) is 6.10 Å². The summed E-state index contributed by atoms with van der Waals surface area (Å²) in [6.07, 6.45) is 4.83. The highest BCUT2D eigenvalue weighted by atomic mass is 16.5. The van der Waals surface area contributed by atoms with E-state index in [-0.39, 0.29) is 6.10 Å². The van der Waals surface area contributed by atoms with E-state index in [0.29, 0.717) is 12.1 Å². The third kappa shape index (κ3) is 3.91. The second-order valence-electron chi connectivity index (χ2n) is 5.45. The van der Waals surface area contributed by atoms with Gasteiger partial charge in [-0.15, -0.1) is 0 Å². The van der Waals surface area contributed by atoms with Gasteiger partial charge in [0.1, 0.15) is 5.75 Å². The molecule has 0 atom stereocenters. The smallest absolute Gasteiger partial charge is 0.119 e. The Hall–Kier alpha value is -1.22. The molecule has 1 fully saturated rings. The fourth-order valence-electron chi connectivity index (χ4n) is 2.40. The summed E-state index contributed by atoms with van der Waals surface area (Å²) in [6.45, 7) is 4.08. The summed E-state index contributed by atoms with van der Waals surface area (Å²) in [6, 6.07) is 9.21. The Bertz CT molecular complexity index is 353. The standard InChI is InChI=1S/C15H24N2O/c1-11(2)18-15-9-7-14(8-10-15)17-13-5-3-12(16)4-6-13/h7-13,17H,3-6,16H2,1-2H3. The Morgan fingerprint density at radius 2 is 1.72 bits per heavy atom. The molecule has 0 saturated heterocycles. The van der Waals surface area contributed by atoms with Crippen molar-refractivity contribution in [3.05, 3.63) is 24.3 Å². The second kappa shape index (κ2) is 6.10. The highest BCUT2D eigenvalue weighted by Crippen LogP contribution is 2.23.